The average Bonchev–Trinajstić information content (AvgIpc) is 3.11. The van der Waals surface area contributed by atoms with E-state index < -0.39 is 32.5 Å². The highest BCUT2D eigenvalue weighted by atomic mass is 31.2. The van der Waals surface area contributed by atoms with Gasteiger partial charge in [0.2, 0.25) is 0 Å². The number of carbonyl (C=O) groups excluding carboxylic acids is 2. The van der Waals surface area contributed by atoms with Gasteiger partial charge < -0.3 is 20.1 Å². The van der Waals surface area contributed by atoms with E-state index in [9.17, 15) is 19.0 Å². The third kappa shape index (κ3) is 37.5. The SMILES string of the molecule is CCCCCCCCCC/C=C\C/C=C\CCC(=O)OCC(COP(=O)(O)OCCN)OC(=O)CC/C=C\C/C=C\CCCCCCCCCC. The van der Waals surface area contributed by atoms with Gasteiger partial charge in [-0.3, -0.25) is 18.6 Å². The number of hydrogen-bond donors (Lipinski definition) is 2. The third-order valence-electron chi connectivity index (χ3n) is 8.21. The van der Waals surface area contributed by atoms with Crippen molar-refractivity contribution in [1.29, 1.82) is 0 Å². The Morgan fingerprint density at radius 1 is 0.588 bits per heavy atom. The Kier molecular flexibility index (Phi) is 36.2. The Labute approximate surface area is 311 Å². The lowest BCUT2D eigenvalue weighted by molar-refractivity contribution is -0.161. The number of ether oxygens (including phenoxy) is 2. The molecule has 0 aliphatic heterocycles. The van der Waals surface area contributed by atoms with Crippen LogP contribution in [0.25, 0.3) is 0 Å². The Morgan fingerprint density at radius 3 is 1.49 bits per heavy atom. The summed E-state index contributed by atoms with van der Waals surface area (Å²) in [5.41, 5.74) is 5.33. The lowest BCUT2D eigenvalue weighted by Crippen LogP contribution is -2.29. The summed E-state index contributed by atoms with van der Waals surface area (Å²) >= 11 is 0. The van der Waals surface area contributed by atoms with Crippen molar-refractivity contribution in [3.05, 3.63) is 48.6 Å². The molecule has 0 aliphatic carbocycles. The summed E-state index contributed by atoms with van der Waals surface area (Å²) in [4.78, 5) is 34.7. The maximum absolute atomic E-state index is 12.5. The van der Waals surface area contributed by atoms with E-state index in [0.717, 1.165) is 25.7 Å². The van der Waals surface area contributed by atoms with Crippen molar-refractivity contribution in [3.8, 4) is 0 Å². The summed E-state index contributed by atoms with van der Waals surface area (Å²) in [5, 5.41) is 0. The number of carbonyl (C=O) groups is 2. The fraction of sp³-hybridized carbons (Fsp3) is 0.756. The molecule has 0 bridgehead atoms. The number of phosphoric acid groups is 1. The highest BCUT2D eigenvalue weighted by Gasteiger charge is 2.25. The Morgan fingerprint density at radius 2 is 1.02 bits per heavy atom. The van der Waals surface area contributed by atoms with Gasteiger partial charge in [0.15, 0.2) is 6.10 Å². The van der Waals surface area contributed by atoms with Crippen molar-refractivity contribution in [2.45, 2.75) is 174 Å². The minimum atomic E-state index is -4.40. The van der Waals surface area contributed by atoms with Gasteiger partial charge >= 0.3 is 19.8 Å². The molecule has 51 heavy (non-hydrogen) atoms. The van der Waals surface area contributed by atoms with Crippen LogP contribution >= 0.6 is 7.82 Å². The summed E-state index contributed by atoms with van der Waals surface area (Å²) in [5.74, 6) is -0.987. The van der Waals surface area contributed by atoms with Gasteiger partial charge in [0, 0.05) is 19.4 Å². The molecule has 0 spiro atoms. The minimum absolute atomic E-state index is 0.0382. The number of unbranched alkanes of at least 4 members (excludes halogenated alkanes) is 16. The summed E-state index contributed by atoms with van der Waals surface area (Å²) in [6.45, 7) is 3.59. The molecule has 0 aromatic carbocycles. The largest absolute Gasteiger partial charge is 0.472 e. The topological polar surface area (TPSA) is 134 Å². The van der Waals surface area contributed by atoms with E-state index in [1.54, 1.807) is 0 Å². The van der Waals surface area contributed by atoms with Crippen LogP contribution in [-0.4, -0.2) is 49.3 Å². The molecule has 2 atom stereocenters. The van der Waals surface area contributed by atoms with E-state index in [2.05, 4.69) is 38.2 Å². The summed E-state index contributed by atoms with van der Waals surface area (Å²) in [6.07, 6.45) is 41.7. The van der Waals surface area contributed by atoms with Gasteiger partial charge in [0.05, 0.1) is 13.2 Å². The van der Waals surface area contributed by atoms with Crippen molar-refractivity contribution in [3.63, 3.8) is 0 Å². The number of rotatable bonds is 37. The molecule has 9 nitrogen and oxygen atoms in total. The van der Waals surface area contributed by atoms with Gasteiger partial charge in [-0.15, -0.1) is 0 Å². The molecular formula is C41H74NO8P. The normalized spacial score (nSPS) is 13.9. The van der Waals surface area contributed by atoms with Gasteiger partial charge in [-0.25, -0.2) is 4.57 Å². The molecule has 0 amide bonds. The Hall–Kier alpha value is -2.03. The molecule has 0 fully saturated rings. The van der Waals surface area contributed by atoms with Crippen LogP contribution in [0.1, 0.15) is 168 Å². The van der Waals surface area contributed by atoms with E-state index in [-0.39, 0.29) is 32.6 Å². The fourth-order valence-electron chi connectivity index (χ4n) is 5.21. The molecule has 0 aromatic rings. The first-order valence-corrected chi connectivity index (χ1v) is 21.6. The molecular weight excluding hydrogens is 665 g/mol. The van der Waals surface area contributed by atoms with Crippen LogP contribution < -0.4 is 5.73 Å². The third-order valence-corrected chi connectivity index (χ3v) is 9.20. The molecule has 0 radical (unpaired) electrons. The lowest BCUT2D eigenvalue weighted by Gasteiger charge is -2.19. The van der Waals surface area contributed by atoms with Crippen molar-refractivity contribution < 1.29 is 37.6 Å². The zero-order valence-corrected chi connectivity index (χ0v) is 33.2. The maximum atomic E-state index is 12.5. The number of hydrogen-bond acceptors (Lipinski definition) is 8. The molecule has 0 saturated heterocycles. The summed E-state index contributed by atoms with van der Waals surface area (Å²) in [7, 11) is -4.40. The second kappa shape index (κ2) is 37.7. The van der Waals surface area contributed by atoms with Crippen LogP contribution in [0.3, 0.4) is 0 Å². The molecule has 0 aromatic heterocycles. The first-order chi connectivity index (χ1) is 24.8. The standard InChI is InChI=1S/C41H74NO8P/c1-3-5-7-9-11-13-15-17-19-21-23-25-27-29-31-33-40(43)47-37-39(38-49-51(45,46)48-36-35-42)50-41(44)34-32-30-28-26-24-22-20-18-16-14-12-10-8-6-4-2/h21-24,27-30,39H,3-20,25-26,31-38,42H2,1-2H3,(H,45,46)/b23-21-,24-22-,29-27-,30-28-. The molecule has 2 unspecified atom stereocenters. The smallest absolute Gasteiger partial charge is 0.462 e. The number of esters is 2. The van der Waals surface area contributed by atoms with Crippen molar-refractivity contribution >= 4 is 19.8 Å². The highest BCUT2D eigenvalue weighted by Crippen LogP contribution is 2.43. The van der Waals surface area contributed by atoms with E-state index in [4.69, 9.17) is 24.3 Å². The van der Waals surface area contributed by atoms with Crippen LogP contribution in [0.2, 0.25) is 0 Å². The van der Waals surface area contributed by atoms with Crippen LogP contribution in [0.5, 0.6) is 0 Å². The van der Waals surface area contributed by atoms with E-state index in [0.29, 0.717) is 12.8 Å². The van der Waals surface area contributed by atoms with Gasteiger partial charge in [-0.1, -0.05) is 152 Å². The van der Waals surface area contributed by atoms with Crippen LogP contribution in [0.4, 0.5) is 0 Å². The average molecular weight is 740 g/mol. The van der Waals surface area contributed by atoms with Gasteiger partial charge in [-0.05, 0) is 51.4 Å². The predicted octanol–water partition coefficient (Wildman–Crippen LogP) is 11.2. The monoisotopic (exact) mass is 740 g/mol. The zero-order valence-electron chi connectivity index (χ0n) is 32.3. The quantitative estimate of drug-likeness (QED) is 0.0276. The van der Waals surface area contributed by atoms with Gasteiger partial charge in [0.25, 0.3) is 0 Å². The minimum Gasteiger partial charge on any atom is -0.462 e. The number of phosphoric ester groups is 1. The fourth-order valence-corrected chi connectivity index (χ4v) is 5.97. The Bertz CT molecular complexity index is 981. The summed E-state index contributed by atoms with van der Waals surface area (Å²) in [6, 6.07) is 0. The molecule has 0 heterocycles. The first-order valence-electron chi connectivity index (χ1n) is 20.1. The lowest BCUT2D eigenvalue weighted by atomic mass is 10.1. The van der Waals surface area contributed by atoms with Gasteiger partial charge in [0.1, 0.15) is 6.61 Å². The maximum Gasteiger partial charge on any atom is 0.472 e. The molecule has 0 rings (SSSR count). The molecule has 0 aliphatic rings. The van der Waals surface area contributed by atoms with Crippen LogP contribution in [0, 0.1) is 0 Å². The predicted molar refractivity (Wildman–Crippen MR) is 210 cm³/mol. The molecule has 10 heteroatoms. The highest BCUT2D eigenvalue weighted by molar-refractivity contribution is 7.47. The number of allylic oxidation sites excluding steroid dienone is 8. The van der Waals surface area contributed by atoms with Crippen molar-refractivity contribution in [2.24, 2.45) is 5.73 Å². The Balaban J connectivity index is 4.36. The van der Waals surface area contributed by atoms with E-state index in [1.165, 1.54) is 103 Å². The van der Waals surface area contributed by atoms with Crippen LogP contribution in [0.15, 0.2) is 48.6 Å². The molecule has 296 valence electrons. The van der Waals surface area contributed by atoms with Crippen molar-refractivity contribution in [2.75, 3.05) is 26.4 Å². The van der Waals surface area contributed by atoms with Crippen molar-refractivity contribution in [1.82, 2.24) is 0 Å². The second-order valence-electron chi connectivity index (χ2n) is 13.1. The van der Waals surface area contributed by atoms with E-state index >= 15 is 0 Å². The van der Waals surface area contributed by atoms with Gasteiger partial charge in [-0.2, -0.15) is 0 Å². The second-order valence-corrected chi connectivity index (χ2v) is 14.6. The number of nitrogens with two attached hydrogens (primary N) is 1. The molecule has 0 saturated carbocycles. The first kappa shape index (κ1) is 49.0. The van der Waals surface area contributed by atoms with E-state index in [1.807, 2.05) is 24.3 Å². The summed E-state index contributed by atoms with van der Waals surface area (Å²) < 4.78 is 32.5. The molecule has 3 N–H and O–H groups in total. The van der Waals surface area contributed by atoms with Crippen LogP contribution in [-0.2, 0) is 32.7 Å². The zero-order chi connectivity index (χ0) is 37.5.